The van der Waals surface area contributed by atoms with Crippen LogP contribution in [0.15, 0.2) is 82.9 Å². The minimum atomic E-state index is -3.89. The molecule has 8 heteroatoms. The van der Waals surface area contributed by atoms with Crippen molar-refractivity contribution in [3.05, 3.63) is 95.3 Å². The van der Waals surface area contributed by atoms with E-state index in [9.17, 15) is 13.2 Å². The number of aryl methyl sites for hydroxylation is 2. The van der Waals surface area contributed by atoms with E-state index in [0.29, 0.717) is 5.69 Å². The van der Waals surface area contributed by atoms with Gasteiger partial charge in [-0.3, -0.25) is 9.78 Å². The lowest BCUT2D eigenvalue weighted by Crippen LogP contribution is -2.39. The fourth-order valence-electron chi connectivity index (χ4n) is 2.92. The third-order valence-corrected chi connectivity index (χ3v) is 6.30. The number of carbonyl (C=O) groups is 1. The molecule has 1 N–H and O–H groups in total. The number of rotatable bonds is 8. The van der Waals surface area contributed by atoms with E-state index < -0.39 is 15.9 Å². The summed E-state index contributed by atoms with van der Waals surface area (Å²) in [7, 11) is -3.89. The van der Waals surface area contributed by atoms with Gasteiger partial charge in [-0.25, -0.2) is 13.8 Å². The number of nitrogens with zero attached hydrogens (tertiary/aromatic N) is 3. The largest absolute Gasteiger partial charge is 0.272 e. The number of carbonyl (C=O) groups excluding carboxylic acids is 1. The highest BCUT2D eigenvalue weighted by Crippen LogP contribution is 2.19. The molecular weight excluding hydrogens is 412 g/mol. The van der Waals surface area contributed by atoms with Crippen LogP contribution in [0, 0.1) is 13.8 Å². The zero-order chi connectivity index (χ0) is 22.3. The van der Waals surface area contributed by atoms with Crippen molar-refractivity contribution < 1.29 is 13.2 Å². The average Bonchev–Trinajstić information content (AvgIpc) is 2.74. The average molecular weight is 437 g/mol. The number of hydrogen-bond donors (Lipinski definition) is 1. The van der Waals surface area contributed by atoms with Crippen molar-refractivity contribution in [2.75, 3.05) is 6.54 Å². The van der Waals surface area contributed by atoms with Gasteiger partial charge in [0.1, 0.15) is 0 Å². The predicted octanol–water partition coefficient (Wildman–Crippen LogP) is 3.04. The van der Waals surface area contributed by atoms with Gasteiger partial charge in [-0.15, -0.1) is 0 Å². The van der Waals surface area contributed by atoms with Crippen LogP contribution in [0.4, 0.5) is 0 Å². The Morgan fingerprint density at radius 3 is 2.48 bits per heavy atom. The maximum absolute atomic E-state index is 13.3. The SMILES string of the molecule is Cc1ccc(S(=O)(=O)N(CC(=O)N/N=C\c2ccccn2)Cc2cccc(C)c2)cc1. The Balaban J connectivity index is 1.80. The second-order valence-corrected chi connectivity index (χ2v) is 9.06. The molecule has 0 fully saturated rings. The molecule has 0 aliphatic heterocycles. The summed E-state index contributed by atoms with van der Waals surface area (Å²) < 4.78 is 27.7. The van der Waals surface area contributed by atoms with Gasteiger partial charge in [0.15, 0.2) is 0 Å². The van der Waals surface area contributed by atoms with Crippen molar-refractivity contribution in [1.82, 2.24) is 14.7 Å². The van der Waals surface area contributed by atoms with Crippen LogP contribution in [-0.4, -0.2) is 36.4 Å². The van der Waals surface area contributed by atoms with Gasteiger partial charge in [0.25, 0.3) is 5.91 Å². The first-order chi connectivity index (χ1) is 14.8. The van der Waals surface area contributed by atoms with Crippen molar-refractivity contribution >= 4 is 22.1 Å². The van der Waals surface area contributed by atoms with Gasteiger partial charge >= 0.3 is 0 Å². The summed E-state index contributed by atoms with van der Waals surface area (Å²) in [5, 5.41) is 3.87. The molecule has 0 spiro atoms. The Morgan fingerprint density at radius 2 is 1.81 bits per heavy atom. The molecule has 3 rings (SSSR count). The first kappa shape index (κ1) is 22.3. The zero-order valence-electron chi connectivity index (χ0n) is 17.4. The van der Waals surface area contributed by atoms with E-state index in [0.717, 1.165) is 21.0 Å². The summed E-state index contributed by atoms with van der Waals surface area (Å²) in [6.07, 6.45) is 3.01. The fourth-order valence-corrected chi connectivity index (χ4v) is 4.30. The van der Waals surface area contributed by atoms with Crippen molar-refractivity contribution in [2.45, 2.75) is 25.3 Å². The number of pyridine rings is 1. The van der Waals surface area contributed by atoms with Gasteiger partial charge in [-0.05, 0) is 43.7 Å². The highest BCUT2D eigenvalue weighted by molar-refractivity contribution is 7.89. The molecule has 2 aromatic carbocycles. The lowest BCUT2D eigenvalue weighted by molar-refractivity contribution is -0.121. The number of hydrazone groups is 1. The van der Waals surface area contributed by atoms with Crippen LogP contribution >= 0.6 is 0 Å². The summed E-state index contributed by atoms with van der Waals surface area (Å²) in [5.41, 5.74) is 5.70. The summed E-state index contributed by atoms with van der Waals surface area (Å²) in [5.74, 6) is -0.546. The minimum absolute atomic E-state index is 0.0647. The second kappa shape index (κ2) is 10.1. The van der Waals surface area contributed by atoms with Crippen LogP contribution in [0.5, 0.6) is 0 Å². The quantitative estimate of drug-likeness (QED) is 0.434. The van der Waals surface area contributed by atoms with E-state index >= 15 is 0 Å². The number of hydrogen-bond acceptors (Lipinski definition) is 5. The van der Waals surface area contributed by atoms with Crippen molar-refractivity contribution in [2.24, 2.45) is 5.10 Å². The van der Waals surface area contributed by atoms with E-state index in [2.05, 4.69) is 15.5 Å². The van der Waals surface area contributed by atoms with Crippen molar-refractivity contribution in [3.63, 3.8) is 0 Å². The molecule has 3 aromatic rings. The maximum Gasteiger partial charge on any atom is 0.255 e. The third kappa shape index (κ3) is 6.31. The number of sulfonamides is 1. The molecule has 0 bridgehead atoms. The van der Waals surface area contributed by atoms with Gasteiger partial charge in [0, 0.05) is 12.7 Å². The first-order valence-corrected chi connectivity index (χ1v) is 11.1. The Hall–Kier alpha value is -3.36. The molecule has 1 heterocycles. The van der Waals surface area contributed by atoms with Crippen molar-refractivity contribution in [1.29, 1.82) is 0 Å². The molecule has 0 aliphatic carbocycles. The van der Waals surface area contributed by atoms with Crippen LogP contribution in [-0.2, 0) is 21.4 Å². The van der Waals surface area contributed by atoms with Crippen molar-refractivity contribution in [3.8, 4) is 0 Å². The lowest BCUT2D eigenvalue weighted by Gasteiger charge is -2.22. The van der Waals surface area contributed by atoms with Crippen LogP contribution in [0.3, 0.4) is 0 Å². The van der Waals surface area contributed by atoms with Crippen LogP contribution in [0.2, 0.25) is 0 Å². The Morgan fingerprint density at radius 1 is 1.03 bits per heavy atom. The molecule has 0 atom stereocenters. The number of benzene rings is 2. The minimum Gasteiger partial charge on any atom is -0.272 e. The lowest BCUT2D eigenvalue weighted by atomic mass is 10.1. The smallest absolute Gasteiger partial charge is 0.255 e. The van der Waals surface area contributed by atoms with E-state index in [1.54, 1.807) is 48.7 Å². The zero-order valence-corrected chi connectivity index (χ0v) is 18.2. The monoisotopic (exact) mass is 436 g/mol. The summed E-state index contributed by atoms with van der Waals surface area (Å²) in [6.45, 7) is 3.51. The van der Waals surface area contributed by atoms with E-state index in [1.165, 1.54) is 6.21 Å². The number of amides is 1. The molecule has 7 nitrogen and oxygen atoms in total. The molecule has 160 valence electrons. The van der Waals surface area contributed by atoms with Gasteiger partial charge < -0.3 is 0 Å². The van der Waals surface area contributed by atoms with Gasteiger partial charge in [-0.2, -0.15) is 9.41 Å². The summed E-state index contributed by atoms with van der Waals surface area (Å²) in [6, 6.07) is 19.4. The molecule has 0 saturated heterocycles. The Labute approximate surface area is 182 Å². The summed E-state index contributed by atoms with van der Waals surface area (Å²) >= 11 is 0. The predicted molar refractivity (Wildman–Crippen MR) is 120 cm³/mol. The van der Waals surface area contributed by atoms with Gasteiger partial charge in [-0.1, -0.05) is 53.6 Å². The molecular formula is C23H24N4O3S. The van der Waals surface area contributed by atoms with Gasteiger partial charge in [0.05, 0.1) is 23.3 Å². The first-order valence-electron chi connectivity index (χ1n) is 9.70. The maximum atomic E-state index is 13.3. The second-order valence-electron chi connectivity index (χ2n) is 7.12. The summed E-state index contributed by atoms with van der Waals surface area (Å²) in [4.78, 5) is 16.7. The molecule has 0 saturated carbocycles. The Bertz CT molecular complexity index is 1160. The highest BCUT2D eigenvalue weighted by atomic mass is 32.2. The molecule has 0 radical (unpaired) electrons. The highest BCUT2D eigenvalue weighted by Gasteiger charge is 2.27. The van der Waals surface area contributed by atoms with Crippen LogP contribution in [0.25, 0.3) is 0 Å². The number of nitrogens with one attached hydrogen (secondary N) is 1. The van der Waals surface area contributed by atoms with Gasteiger partial charge in [0.2, 0.25) is 10.0 Å². The third-order valence-electron chi connectivity index (χ3n) is 4.49. The fraction of sp³-hybridized carbons (Fsp3) is 0.174. The Kier molecular flexibility index (Phi) is 7.28. The standard InChI is InChI=1S/C23H24N4O3S/c1-18-9-11-22(12-10-18)31(29,30)27(16-20-7-5-6-19(2)14-20)17-23(28)26-25-15-21-8-3-4-13-24-21/h3-15H,16-17H2,1-2H3,(H,26,28)/b25-15-. The van der Waals surface area contributed by atoms with Crippen LogP contribution in [0.1, 0.15) is 22.4 Å². The molecule has 31 heavy (non-hydrogen) atoms. The molecule has 1 amide bonds. The molecule has 0 aliphatic rings. The van der Waals surface area contributed by atoms with E-state index in [-0.39, 0.29) is 18.0 Å². The van der Waals surface area contributed by atoms with E-state index in [4.69, 9.17) is 0 Å². The normalized spacial score (nSPS) is 11.7. The number of aromatic nitrogens is 1. The van der Waals surface area contributed by atoms with E-state index in [1.807, 2.05) is 38.1 Å². The molecule has 0 unspecified atom stereocenters. The topological polar surface area (TPSA) is 91.7 Å². The van der Waals surface area contributed by atoms with Crippen LogP contribution < -0.4 is 5.43 Å². The molecule has 1 aromatic heterocycles.